The molecule has 8 heteroatoms. The lowest BCUT2D eigenvalue weighted by Gasteiger charge is -2.35. The average Bonchev–Trinajstić information content (AvgIpc) is 3.20. The van der Waals surface area contributed by atoms with Gasteiger partial charge in [0.2, 0.25) is 0 Å². The maximum atomic E-state index is 13.5. The Bertz CT molecular complexity index is 1020. The van der Waals surface area contributed by atoms with Crippen molar-refractivity contribution in [3.8, 4) is 10.4 Å². The van der Waals surface area contributed by atoms with Crippen molar-refractivity contribution in [2.75, 3.05) is 13.1 Å². The van der Waals surface area contributed by atoms with E-state index in [9.17, 15) is 9.59 Å². The van der Waals surface area contributed by atoms with Gasteiger partial charge in [0.1, 0.15) is 11.4 Å². The van der Waals surface area contributed by atoms with E-state index in [-0.39, 0.29) is 23.6 Å². The zero-order valence-electron chi connectivity index (χ0n) is 16.7. The van der Waals surface area contributed by atoms with Crippen LogP contribution in [-0.4, -0.2) is 50.8 Å². The molecule has 0 saturated carbocycles. The summed E-state index contributed by atoms with van der Waals surface area (Å²) in [6.07, 6.45) is 7.26. The number of thiazole rings is 1. The highest BCUT2D eigenvalue weighted by atomic mass is 32.1. The Labute approximate surface area is 179 Å². The smallest absolute Gasteiger partial charge is 0.274 e. The number of amides is 2. The molecule has 2 aromatic heterocycles. The fourth-order valence-corrected chi connectivity index (χ4v) is 4.61. The molecule has 1 N–H and O–H groups in total. The van der Waals surface area contributed by atoms with Crippen molar-refractivity contribution >= 4 is 23.2 Å². The van der Waals surface area contributed by atoms with Crippen molar-refractivity contribution in [3.05, 3.63) is 65.3 Å². The van der Waals surface area contributed by atoms with Gasteiger partial charge in [-0.05, 0) is 31.7 Å². The van der Waals surface area contributed by atoms with Crippen molar-refractivity contribution in [3.63, 3.8) is 0 Å². The van der Waals surface area contributed by atoms with E-state index >= 15 is 0 Å². The van der Waals surface area contributed by atoms with Crippen molar-refractivity contribution in [1.82, 2.24) is 25.2 Å². The second-order valence-corrected chi connectivity index (χ2v) is 8.43. The number of hydrogen-bond acceptors (Lipinski definition) is 6. The summed E-state index contributed by atoms with van der Waals surface area (Å²) in [7, 11) is 0. The molecule has 2 amide bonds. The third kappa shape index (κ3) is 4.38. The van der Waals surface area contributed by atoms with E-state index in [1.54, 1.807) is 0 Å². The molecule has 1 fully saturated rings. The summed E-state index contributed by atoms with van der Waals surface area (Å²) in [5.74, 6) is -0.354. The number of likely N-dealkylation sites (tertiary alicyclic amines) is 1. The fraction of sp³-hybridized carbons (Fsp3) is 0.318. The molecule has 7 nitrogen and oxygen atoms in total. The molecule has 1 atom stereocenters. The molecule has 154 valence electrons. The van der Waals surface area contributed by atoms with Crippen LogP contribution >= 0.6 is 11.3 Å². The standard InChI is InChI=1S/C22H23N5O2S/c1-15-26-19(20(30-15)16-7-3-2-4-8-16)22(29)27-12-6-5-9-17(27)13-25-21(28)18-14-23-10-11-24-18/h2-4,7-8,10-11,14,17H,5-6,9,12-13H2,1H3,(H,25,28). The minimum atomic E-state index is -0.282. The third-order valence-electron chi connectivity index (χ3n) is 5.15. The van der Waals surface area contributed by atoms with Crippen LogP contribution in [0.25, 0.3) is 10.4 Å². The predicted molar refractivity (Wildman–Crippen MR) is 115 cm³/mol. The van der Waals surface area contributed by atoms with Gasteiger partial charge in [0.25, 0.3) is 11.8 Å². The molecule has 4 rings (SSSR count). The molecule has 3 aromatic rings. The highest BCUT2D eigenvalue weighted by Gasteiger charge is 2.31. The Morgan fingerprint density at radius 3 is 2.80 bits per heavy atom. The number of carbonyl (C=O) groups is 2. The van der Waals surface area contributed by atoms with Crippen LogP contribution in [0.5, 0.6) is 0 Å². The first-order chi connectivity index (χ1) is 14.6. The number of nitrogens with zero attached hydrogens (tertiary/aromatic N) is 4. The minimum absolute atomic E-state index is 0.0718. The lowest BCUT2D eigenvalue weighted by Crippen LogP contribution is -2.49. The summed E-state index contributed by atoms with van der Waals surface area (Å²) in [4.78, 5) is 41.1. The van der Waals surface area contributed by atoms with Crippen LogP contribution in [0.2, 0.25) is 0 Å². The predicted octanol–water partition coefficient (Wildman–Crippen LogP) is 3.33. The first kappa shape index (κ1) is 20.2. The second-order valence-electron chi connectivity index (χ2n) is 7.23. The molecule has 1 aliphatic heterocycles. The monoisotopic (exact) mass is 421 g/mol. The third-order valence-corrected chi connectivity index (χ3v) is 6.17. The number of rotatable bonds is 5. The van der Waals surface area contributed by atoms with Crippen LogP contribution in [-0.2, 0) is 0 Å². The molecule has 0 aliphatic carbocycles. The quantitative estimate of drug-likeness (QED) is 0.683. The lowest BCUT2D eigenvalue weighted by atomic mass is 10.0. The van der Waals surface area contributed by atoms with E-state index in [1.807, 2.05) is 42.2 Å². The molecule has 30 heavy (non-hydrogen) atoms. The highest BCUT2D eigenvalue weighted by molar-refractivity contribution is 7.15. The number of nitrogens with one attached hydrogen (secondary N) is 1. The molecule has 3 heterocycles. The van der Waals surface area contributed by atoms with E-state index in [4.69, 9.17) is 0 Å². The van der Waals surface area contributed by atoms with Crippen LogP contribution in [0.15, 0.2) is 48.9 Å². The summed E-state index contributed by atoms with van der Waals surface area (Å²) < 4.78 is 0. The van der Waals surface area contributed by atoms with Crippen molar-refractivity contribution in [2.24, 2.45) is 0 Å². The van der Waals surface area contributed by atoms with Crippen LogP contribution in [0.3, 0.4) is 0 Å². The van der Waals surface area contributed by atoms with Gasteiger partial charge in [-0.3, -0.25) is 14.6 Å². The maximum Gasteiger partial charge on any atom is 0.274 e. The number of benzene rings is 1. The molecule has 1 aliphatic rings. The average molecular weight is 422 g/mol. The first-order valence-corrected chi connectivity index (χ1v) is 10.8. The number of carbonyl (C=O) groups excluding carboxylic acids is 2. The zero-order valence-corrected chi connectivity index (χ0v) is 17.6. The van der Waals surface area contributed by atoms with Gasteiger partial charge in [-0.1, -0.05) is 30.3 Å². The molecule has 0 bridgehead atoms. The summed E-state index contributed by atoms with van der Waals surface area (Å²) >= 11 is 1.53. The number of piperidine rings is 1. The molecule has 0 radical (unpaired) electrons. The Hall–Kier alpha value is -3.13. The Morgan fingerprint density at radius 2 is 2.03 bits per heavy atom. The number of hydrogen-bond donors (Lipinski definition) is 1. The van der Waals surface area contributed by atoms with Gasteiger partial charge in [0, 0.05) is 31.5 Å². The van der Waals surface area contributed by atoms with E-state index in [0.29, 0.717) is 18.8 Å². The molecule has 1 unspecified atom stereocenters. The maximum absolute atomic E-state index is 13.5. The number of aryl methyl sites for hydroxylation is 1. The van der Waals surface area contributed by atoms with Crippen LogP contribution < -0.4 is 5.32 Å². The van der Waals surface area contributed by atoms with Gasteiger partial charge in [0.15, 0.2) is 0 Å². The summed E-state index contributed by atoms with van der Waals surface area (Å²) in [5.41, 5.74) is 1.76. The highest BCUT2D eigenvalue weighted by Crippen LogP contribution is 2.32. The second kappa shape index (κ2) is 9.13. The SMILES string of the molecule is Cc1nc(C(=O)N2CCCCC2CNC(=O)c2cnccn2)c(-c2ccccc2)s1. The minimum Gasteiger partial charge on any atom is -0.349 e. The van der Waals surface area contributed by atoms with E-state index in [1.165, 1.54) is 29.9 Å². The molecular formula is C22H23N5O2S. The van der Waals surface area contributed by atoms with Crippen molar-refractivity contribution < 1.29 is 9.59 Å². The Morgan fingerprint density at radius 1 is 1.20 bits per heavy atom. The van der Waals surface area contributed by atoms with E-state index in [0.717, 1.165) is 34.7 Å². The van der Waals surface area contributed by atoms with Gasteiger partial charge < -0.3 is 10.2 Å². The summed E-state index contributed by atoms with van der Waals surface area (Å²) in [5, 5.41) is 3.77. The molecule has 1 aromatic carbocycles. The van der Waals surface area contributed by atoms with Crippen LogP contribution in [0, 0.1) is 6.92 Å². The van der Waals surface area contributed by atoms with Gasteiger partial charge in [-0.15, -0.1) is 11.3 Å². The van der Waals surface area contributed by atoms with Gasteiger partial charge in [-0.25, -0.2) is 9.97 Å². The van der Waals surface area contributed by atoms with Gasteiger partial charge >= 0.3 is 0 Å². The lowest BCUT2D eigenvalue weighted by molar-refractivity contribution is 0.0597. The summed E-state index contributed by atoms with van der Waals surface area (Å²) in [6.45, 7) is 2.96. The van der Waals surface area contributed by atoms with E-state index in [2.05, 4.69) is 20.3 Å². The van der Waals surface area contributed by atoms with Crippen molar-refractivity contribution in [2.45, 2.75) is 32.2 Å². The van der Waals surface area contributed by atoms with Crippen molar-refractivity contribution in [1.29, 1.82) is 0 Å². The first-order valence-electron chi connectivity index (χ1n) is 10.0. The normalized spacial score (nSPS) is 16.3. The Kier molecular flexibility index (Phi) is 6.13. The zero-order chi connectivity index (χ0) is 20.9. The van der Waals surface area contributed by atoms with E-state index < -0.39 is 0 Å². The Balaban J connectivity index is 1.52. The van der Waals surface area contributed by atoms with Crippen LogP contribution in [0.1, 0.15) is 45.2 Å². The topological polar surface area (TPSA) is 88.1 Å². The molecular weight excluding hydrogens is 398 g/mol. The van der Waals surface area contributed by atoms with Gasteiger partial charge in [0.05, 0.1) is 16.1 Å². The van der Waals surface area contributed by atoms with Crippen LogP contribution in [0.4, 0.5) is 0 Å². The molecule has 0 spiro atoms. The molecule has 1 saturated heterocycles. The summed E-state index contributed by atoms with van der Waals surface area (Å²) in [6, 6.07) is 9.81. The van der Waals surface area contributed by atoms with Gasteiger partial charge in [-0.2, -0.15) is 0 Å². The fourth-order valence-electron chi connectivity index (χ4n) is 3.69. The number of aromatic nitrogens is 3. The largest absolute Gasteiger partial charge is 0.349 e.